The van der Waals surface area contributed by atoms with E-state index in [-0.39, 0.29) is 18.7 Å². The van der Waals surface area contributed by atoms with Crippen molar-refractivity contribution < 1.29 is 26.4 Å². The SMILES string of the molecule is COc1cccc(/C(CN(C2CC2)S(=O)(=O)c2ncn(S(=O)(=O)N(C)C)n2)=N/OC(C)C)c1. The van der Waals surface area contributed by atoms with Crippen LogP contribution in [0, 0.1) is 0 Å². The van der Waals surface area contributed by atoms with Crippen molar-refractivity contribution in [3.63, 3.8) is 0 Å². The van der Waals surface area contributed by atoms with E-state index >= 15 is 0 Å². The van der Waals surface area contributed by atoms with Crippen molar-refractivity contribution in [3.8, 4) is 5.75 Å². The molecule has 0 amide bonds. The van der Waals surface area contributed by atoms with E-state index in [9.17, 15) is 16.8 Å². The lowest BCUT2D eigenvalue weighted by Crippen LogP contribution is -2.38. The van der Waals surface area contributed by atoms with Crippen LogP contribution in [0.4, 0.5) is 0 Å². The molecule has 1 aromatic carbocycles. The fourth-order valence-corrected chi connectivity index (χ4v) is 5.01. The zero-order chi connectivity index (χ0) is 24.4. The van der Waals surface area contributed by atoms with Crippen LogP contribution in [-0.2, 0) is 25.1 Å². The highest BCUT2D eigenvalue weighted by Gasteiger charge is 2.41. The van der Waals surface area contributed by atoms with Crippen molar-refractivity contribution in [2.75, 3.05) is 27.7 Å². The predicted octanol–water partition coefficient (Wildman–Crippen LogP) is 0.924. The van der Waals surface area contributed by atoms with E-state index in [1.165, 1.54) is 25.5 Å². The van der Waals surface area contributed by atoms with Crippen LogP contribution >= 0.6 is 0 Å². The Balaban J connectivity index is 1.98. The first-order valence-corrected chi connectivity index (χ1v) is 13.0. The van der Waals surface area contributed by atoms with Crippen LogP contribution in [0.1, 0.15) is 32.3 Å². The van der Waals surface area contributed by atoms with Gasteiger partial charge in [0.15, 0.2) is 0 Å². The summed E-state index contributed by atoms with van der Waals surface area (Å²) in [6.45, 7) is 3.51. The molecule has 0 saturated heterocycles. The fourth-order valence-electron chi connectivity index (χ4n) is 2.80. The standard InChI is InChI=1S/C19H28N6O6S2/c1-14(2)31-22-18(15-7-6-8-17(11-15)30-5)12-24(16-9-10-16)32(26,27)19-20-13-25(21-19)33(28,29)23(3)4/h6-8,11,13-14,16H,9-10,12H2,1-5H3/b22-18+. The van der Waals surface area contributed by atoms with Crippen LogP contribution in [0.5, 0.6) is 5.75 Å². The second kappa shape index (κ2) is 9.75. The van der Waals surface area contributed by atoms with Crippen molar-refractivity contribution in [1.29, 1.82) is 0 Å². The number of methoxy groups -OCH3 is 1. The van der Waals surface area contributed by atoms with Gasteiger partial charge in [0.25, 0.3) is 15.2 Å². The zero-order valence-corrected chi connectivity index (χ0v) is 20.7. The maximum atomic E-state index is 13.4. The van der Waals surface area contributed by atoms with Crippen LogP contribution in [0.25, 0.3) is 0 Å². The molecular weight excluding hydrogens is 472 g/mol. The molecule has 3 rings (SSSR count). The Morgan fingerprint density at radius 2 is 1.94 bits per heavy atom. The monoisotopic (exact) mass is 500 g/mol. The van der Waals surface area contributed by atoms with Gasteiger partial charge in [-0.05, 0) is 38.8 Å². The minimum Gasteiger partial charge on any atom is -0.497 e. The van der Waals surface area contributed by atoms with Gasteiger partial charge >= 0.3 is 10.2 Å². The molecule has 33 heavy (non-hydrogen) atoms. The van der Waals surface area contributed by atoms with E-state index in [4.69, 9.17) is 9.57 Å². The Morgan fingerprint density at radius 1 is 1.24 bits per heavy atom. The second-order valence-electron chi connectivity index (χ2n) is 7.90. The zero-order valence-electron chi connectivity index (χ0n) is 19.1. The third kappa shape index (κ3) is 5.69. The van der Waals surface area contributed by atoms with Gasteiger partial charge in [-0.15, -0.1) is 9.19 Å². The van der Waals surface area contributed by atoms with E-state index in [0.29, 0.717) is 34.0 Å². The molecule has 14 heteroatoms. The van der Waals surface area contributed by atoms with Gasteiger partial charge in [0.1, 0.15) is 23.9 Å². The van der Waals surface area contributed by atoms with E-state index < -0.39 is 25.4 Å². The summed E-state index contributed by atoms with van der Waals surface area (Å²) in [5.74, 6) is 0.583. The fraction of sp³-hybridized carbons (Fsp3) is 0.526. The van der Waals surface area contributed by atoms with Crippen molar-refractivity contribution in [2.24, 2.45) is 5.16 Å². The first kappa shape index (κ1) is 25.1. The molecule has 1 aliphatic rings. The first-order valence-electron chi connectivity index (χ1n) is 10.2. The number of ether oxygens (including phenoxy) is 1. The van der Waals surface area contributed by atoms with Crippen molar-refractivity contribution in [3.05, 3.63) is 36.2 Å². The summed E-state index contributed by atoms with van der Waals surface area (Å²) < 4.78 is 59.4. The predicted molar refractivity (Wildman–Crippen MR) is 121 cm³/mol. The lowest BCUT2D eigenvalue weighted by atomic mass is 10.1. The Labute approximate surface area is 194 Å². The van der Waals surface area contributed by atoms with E-state index in [1.54, 1.807) is 24.3 Å². The lowest BCUT2D eigenvalue weighted by Gasteiger charge is -2.21. The molecule has 1 heterocycles. The molecule has 0 spiro atoms. The molecule has 2 aromatic rings. The normalized spacial score (nSPS) is 15.5. The number of hydrogen-bond acceptors (Lipinski definition) is 9. The summed E-state index contributed by atoms with van der Waals surface area (Å²) in [5.41, 5.74) is 1.00. The van der Waals surface area contributed by atoms with Gasteiger partial charge in [-0.3, -0.25) is 0 Å². The van der Waals surface area contributed by atoms with Crippen LogP contribution in [0.2, 0.25) is 0 Å². The summed E-state index contributed by atoms with van der Waals surface area (Å²) in [6, 6.07) is 6.77. The van der Waals surface area contributed by atoms with Gasteiger partial charge in [0, 0.05) is 25.7 Å². The van der Waals surface area contributed by atoms with Gasteiger partial charge in [-0.25, -0.2) is 13.4 Å². The van der Waals surface area contributed by atoms with Gasteiger partial charge in [-0.1, -0.05) is 17.3 Å². The molecule has 1 saturated carbocycles. The molecule has 0 atom stereocenters. The van der Waals surface area contributed by atoms with Crippen molar-refractivity contribution in [2.45, 2.75) is 44.0 Å². The van der Waals surface area contributed by atoms with Gasteiger partial charge in [0.05, 0.1) is 13.7 Å². The van der Waals surface area contributed by atoms with Crippen molar-refractivity contribution >= 4 is 25.9 Å². The summed E-state index contributed by atoms with van der Waals surface area (Å²) >= 11 is 0. The molecule has 1 aromatic heterocycles. The van der Waals surface area contributed by atoms with Crippen molar-refractivity contribution in [1.82, 2.24) is 22.8 Å². The van der Waals surface area contributed by atoms with Gasteiger partial charge in [-0.2, -0.15) is 17.0 Å². The molecule has 0 N–H and O–H groups in total. The molecule has 182 valence electrons. The molecule has 0 bridgehead atoms. The Kier molecular flexibility index (Phi) is 7.41. The summed E-state index contributed by atoms with van der Waals surface area (Å²) in [4.78, 5) is 9.21. The summed E-state index contributed by atoms with van der Waals surface area (Å²) in [6.07, 6.45) is 1.97. The number of rotatable bonds is 11. The maximum Gasteiger partial charge on any atom is 0.323 e. The maximum absolute atomic E-state index is 13.4. The third-order valence-corrected chi connectivity index (χ3v) is 7.99. The smallest absolute Gasteiger partial charge is 0.323 e. The molecule has 0 radical (unpaired) electrons. The minimum atomic E-state index is -4.22. The average molecular weight is 501 g/mol. The second-order valence-corrected chi connectivity index (χ2v) is 11.7. The van der Waals surface area contributed by atoms with Crippen LogP contribution in [-0.4, -0.2) is 85.2 Å². The molecule has 12 nitrogen and oxygen atoms in total. The summed E-state index contributed by atoms with van der Waals surface area (Å²) in [7, 11) is -4.06. The van der Waals surface area contributed by atoms with Gasteiger partial charge < -0.3 is 9.57 Å². The number of oxime groups is 1. The third-order valence-electron chi connectivity index (χ3n) is 4.72. The molecule has 0 unspecified atom stereocenters. The number of sulfonamides is 1. The Bertz CT molecular complexity index is 1220. The first-order chi connectivity index (χ1) is 15.5. The summed E-state index contributed by atoms with van der Waals surface area (Å²) in [5, 5.41) is 7.34. The Morgan fingerprint density at radius 3 is 2.52 bits per heavy atom. The molecular formula is C19H28N6O6S2. The van der Waals surface area contributed by atoms with E-state index in [2.05, 4.69) is 15.2 Å². The highest BCUT2D eigenvalue weighted by atomic mass is 32.2. The minimum absolute atomic E-state index is 0.109. The van der Waals surface area contributed by atoms with Crippen LogP contribution in [0.15, 0.2) is 40.9 Å². The number of nitrogens with zero attached hydrogens (tertiary/aromatic N) is 6. The molecule has 1 fully saturated rings. The highest BCUT2D eigenvalue weighted by molar-refractivity contribution is 7.89. The topological polar surface area (TPSA) is 136 Å². The quantitative estimate of drug-likeness (QED) is 0.328. The lowest BCUT2D eigenvalue weighted by molar-refractivity contribution is 0.0854. The largest absolute Gasteiger partial charge is 0.497 e. The number of aromatic nitrogens is 3. The van der Waals surface area contributed by atoms with E-state index in [0.717, 1.165) is 10.6 Å². The Hall–Kier alpha value is -2.55. The number of hydrogen-bond donors (Lipinski definition) is 0. The van der Waals surface area contributed by atoms with Gasteiger partial charge in [0.2, 0.25) is 0 Å². The average Bonchev–Trinajstić information content (AvgIpc) is 3.46. The number of benzene rings is 1. The van der Waals surface area contributed by atoms with Crippen LogP contribution in [0.3, 0.4) is 0 Å². The molecule has 1 aliphatic carbocycles. The highest BCUT2D eigenvalue weighted by Crippen LogP contribution is 2.31. The van der Waals surface area contributed by atoms with E-state index in [1.807, 2.05) is 13.8 Å². The van der Waals surface area contributed by atoms with Crippen LogP contribution < -0.4 is 4.74 Å². The molecule has 0 aliphatic heterocycles.